The van der Waals surface area contributed by atoms with Crippen LogP contribution < -0.4 is 10.6 Å². The Morgan fingerprint density at radius 3 is 1.57 bits per heavy atom. The fourth-order valence-electron chi connectivity index (χ4n) is 5.68. The summed E-state index contributed by atoms with van der Waals surface area (Å²) in [5.74, 6) is -3.73. The molecule has 4 aromatic rings. The summed E-state index contributed by atoms with van der Waals surface area (Å²) in [4.78, 5) is 71.4. The molecule has 0 aromatic heterocycles. The van der Waals surface area contributed by atoms with E-state index < -0.39 is 61.4 Å². The Bertz CT molecular complexity index is 1880. The van der Waals surface area contributed by atoms with Gasteiger partial charge in [0.1, 0.15) is 19.2 Å². The van der Waals surface area contributed by atoms with Crippen molar-refractivity contribution in [1.82, 2.24) is 5.32 Å². The van der Waals surface area contributed by atoms with E-state index in [4.69, 9.17) is 19.3 Å². The third kappa shape index (κ3) is 12.7. The number of carboxylic acids is 1. The second kappa shape index (κ2) is 20.1. The molecule has 0 spiro atoms. The Labute approximate surface area is 314 Å². The standard InChI is InChI=1S/C23H26O5.C19H20N2O5/c1-13-7-15(3)20(16(4)8-13)22(25)27-11-19(24)12-28-23(26)21-17(5)9-14(2)10-18(21)6;1-13(18(24)20-11-17(22)23)21-16-10-6-5-9-15(16)19(25)26-12-14-7-3-2-4-8-14/h7-10H,11-12H2,1-6H3;2-10,13,21H,11-12H2,1H3,(H,20,24)(H,22,23). The number of amides is 1. The van der Waals surface area contributed by atoms with E-state index in [-0.39, 0.29) is 6.61 Å². The van der Waals surface area contributed by atoms with Gasteiger partial charge in [0.05, 0.1) is 16.7 Å². The van der Waals surface area contributed by atoms with E-state index in [2.05, 4.69) is 10.6 Å². The molecule has 0 heterocycles. The number of carboxylic acid groups (broad SMARTS) is 1. The van der Waals surface area contributed by atoms with E-state index >= 15 is 0 Å². The number of esters is 3. The number of Topliss-reactive ketones (excluding diaryl/α,β-unsaturated/α-hetero) is 1. The highest BCUT2D eigenvalue weighted by Crippen LogP contribution is 2.20. The molecule has 0 aliphatic carbocycles. The molecule has 0 aliphatic rings. The molecule has 4 rings (SSSR count). The molecule has 0 saturated carbocycles. The lowest BCUT2D eigenvalue weighted by Gasteiger charge is -2.17. The number of ketones is 1. The predicted molar refractivity (Wildman–Crippen MR) is 203 cm³/mol. The molecule has 1 atom stereocenters. The fourth-order valence-corrected chi connectivity index (χ4v) is 5.68. The van der Waals surface area contributed by atoms with Gasteiger partial charge in [-0.3, -0.25) is 14.4 Å². The van der Waals surface area contributed by atoms with Gasteiger partial charge in [0.15, 0.2) is 13.2 Å². The maximum atomic E-state index is 12.4. The summed E-state index contributed by atoms with van der Waals surface area (Å²) in [6.45, 7) is 11.6. The first kappa shape index (κ1) is 42.1. The number of nitrogens with one attached hydrogen (secondary N) is 2. The number of para-hydroxylation sites is 1. The molecule has 12 nitrogen and oxygen atoms in total. The summed E-state index contributed by atoms with van der Waals surface area (Å²) in [7, 11) is 0. The Kier molecular flexibility index (Phi) is 15.7. The van der Waals surface area contributed by atoms with E-state index in [1.807, 2.05) is 96.1 Å². The second-order valence-electron chi connectivity index (χ2n) is 12.8. The summed E-state index contributed by atoms with van der Waals surface area (Å²) in [6, 6.07) is 22.8. The summed E-state index contributed by atoms with van der Waals surface area (Å²) in [5.41, 5.74) is 7.81. The van der Waals surface area contributed by atoms with Crippen LogP contribution in [0.25, 0.3) is 0 Å². The molecule has 0 radical (unpaired) electrons. The number of ether oxygens (including phenoxy) is 3. The van der Waals surface area contributed by atoms with Crippen LogP contribution in [0.2, 0.25) is 0 Å². The molecule has 284 valence electrons. The van der Waals surface area contributed by atoms with Crippen LogP contribution in [-0.2, 0) is 35.2 Å². The first-order valence-corrected chi connectivity index (χ1v) is 17.1. The Morgan fingerprint density at radius 1 is 0.630 bits per heavy atom. The van der Waals surface area contributed by atoms with Crippen LogP contribution in [-0.4, -0.2) is 66.5 Å². The molecule has 0 fully saturated rings. The lowest BCUT2D eigenvalue weighted by molar-refractivity contribution is -0.138. The van der Waals surface area contributed by atoms with Crippen molar-refractivity contribution in [2.75, 3.05) is 25.1 Å². The molecule has 3 N–H and O–H groups in total. The predicted octanol–water partition coefficient (Wildman–Crippen LogP) is 6.16. The molecule has 0 bridgehead atoms. The minimum atomic E-state index is -1.13. The van der Waals surface area contributed by atoms with E-state index in [1.165, 1.54) is 0 Å². The van der Waals surface area contributed by atoms with Crippen LogP contribution in [0.3, 0.4) is 0 Å². The first-order chi connectivity index (χ1) is 25.6. The number of aliphatic carboxylic acids is 1. The second-order valence-corrected chi connectivity index (χ2v) is 12.8. The molecule has 1 unspecified atom stereocenters. The largest absolute Gasteiger partial charge is 0.480 e. The van der Waals surface area contributed by atoms with Gasteiger partial charge in [0.2, 0.25) is 11.7 Å². The molecule has 0 saturated heterocycles. The Balaban J connectivity index is 0.000000291. The van der Waals surface area contributed by atoms with Crippen molar-refractivity contribution >= 4 is 41.3 Å². The summed E-state index contributed by atoms with van der Waals surface area (Å²) >= 11 is 0. The maximum Gasteiger partial charge on any atom is 0.340 e. The quantitative estimate of drug-likeness (QED) is 0.0998. The molecular formula is C42H46N2O10. The number of carbonyl (C=O) groups is 6. The molecule has 4 aromatic carbocycles. The molecule has 54 heavy (non-hydrogen) atoms. The third-order valence-corrected chi connectivity index (χ3v) is 8.03. The van der Waals surface area contributed by atoms with Crippen molar-refractivity contribution in [2.24, 2.45) is 0 Å². The highest BCUT2D eigenvalue weighted by molar-refractivity contribution is 5.98. The van der Waals surface area contributed by atoms with Gasteiger partial charge in [-0.25, -0.2) is 14.4 Å². The van der Waals surface area contributed by atoms with Crippen LogP contribution in [0.1, 0.15) is 76.9 Å². The van der Waals surface area contributed by atoms with E-state index in [0.717, 1.165) is 38.9 Å². The van der Waals surface area contributed by atoms with E-state index in [9.17, 15) is 28.8 Å². The number of carbonyl (C=O) groups excluding carboxylic acids is 5. The normalized spacial score (nSPS) is 10.9. The van der Waals surface area contributed by atoms with Gasteiger partial charge >= 0.3 is 23.9 Å². The zero-order valence-electron chi connectivity index (χ0n) is 31.5. The first-order valence-electron chi connectivity index (χ1n) is 17.1. The van der Waals surface area contributed by atoms with Crippen LogP contribution in [0.15, 0.2) is 78.9 Å². The number of hydrogen-bond donors (Lipinski definition) is 3. The number of hydrogen-bond acceptors (Lipinski definition) is 10. The SMILES string of the molecule is CC(Nc1ccccc1C(=O)OCc1ccccc1)C(=O)NCC(=O)O.Cc1cc(C)c(C(=O)OCC(=O)COC(=O)c2c(C)cc(C)cc2C)c(C)c1. The van der Waals surface area contributed by atoms with Crippen molar-refractivity contribution in [3.8, 4) is 0 Å². The van der Waals surface area contributed by atoms with Crippen LogP contribution >= 0.6 is 0 Å². The molecule has 12 heteroatoms. The smallest absolute Gasteiger partial charge is 0.340 e. The van der Waals surface area contributed by atoms with Gasteiger partial charge in [-0.2, -0.15) is 0 Å². The average Bonchev–Trinajstić information content (AvgIpc) is 3.11. The van der Waals surface area contributed by atoms with Crippen LogP contribution in [0, 0.1) is 41.5 Å². The molecule has 1 amide bonds. The fraction of sp³-hybridized carbons (Fsp3) is 0.286. The Morgan fingerprint density at radius 2 is 1.09 bits per heavy atom. The zero-order chi connectivity index (χ0) is 39.9. The molecular weight excluding hydrogens is 692 g/mol. The average molecular weight is 739 g/mol. The van der Waals surface area contributed by atoms with Gasteiger partial charge < -0.3 is 30.0 Å². The monoisotopic (exact) mass is 738 g/mol. The number of rotatable bonds is 14. The third-order valence-electron chi connectivity index (χ3n) is 8.03. The van der Waals surface area contributed by atoms with Gasteiger partial charge in [-0.05, 0) is 88.4 Å². The Hall–Kier alpha value is -6.30. The topological polar surface area (TPSA) is 174 Å². The van der Waals surface area contributed by atoms with Crippen LogP contribution in [0.4, 0.5) is 5.69 Å². The van der Waals surface area contributed by atoms with E-state index in [1.54, 1.807) is 31.2 Å². The van der Waals surface area contributed by atoms with Crippen LogP contribution in [0.5, 0.6) is 0 Å². The zero-order valence-corrected chi connectivity index (χ0v) is 31.5. The van der Waals surface area contributed by atoms with Crippen molar-refractivity contribution in [2.45, 2.75) is 61.1 Å². The highest BCUT2D eigenvalue weighted by Gasteiger charge is 2.20. The maximum absolute atomic E-state index is 12.4. The van der Waals surface area contributed by atoms with E-state index in [0.29, 0.717) is 22.4 Å². The summed E-state index contributed by atoms with van der Waals surface area (Å²) in [6.07, 6.45) is 0. The van der Waals surface area contributed by atoms with Crippen molar-refractivity contribution < 1.29 is 48.1 Å². The lowest BCUT2D eigenvalue weighted by atomic mass is 10.00. The summed E-state index contributed by atoms with van der Waals surface area (Å²) < 4.78 is 15.5. The number of benzene rings is 4. The lowest BCUT2D eigenvalue weighted by Crippen LogP contribution is -2.40. The van der Waals surface area contributed by atoms with Gasteiger partial charge in [0, 0.05) is 5.69 Å². The van der Waals surface area contributed by atoms with Crippen molar-refractivity contribution in [1.29, 1.82) is 0 Å². The van der Waals surface area contributed by atoms with Gasteiger partial charge in [0.25, 0.3) is 0 Å². The molecule has 0 aliphatic heterocycles. The highest BCUT2D eigenvalue weighted by atomic mass is 16.6. The number of aryl methyl sites for hydroxylation is 6. The minimum absolute atomic E-state index is 0.142. The van der Waals surface area contributed by atoms with Gasteiger partial charge in [-0.1, -0.05) is 77.9 Å². The van der Waals surface area contributed by atoms with Gasteiger partial charge in [-0.15, -0.1) is 0 Å². The summed E-state index contributed by atoms with van der Waals surface area (Å²) in [5, 5.41) is 13.8. The van der Waals surface area contributed by atoms with Crippen molar-refractivity contribution in [3.63, 3.8) is 0 Å². The van der Waals surface area contributed by atoms with Crippen molar-refractivity contribution in [3.05, 3.63) is 134 Å². The minimum Gasteiger partial charge on any atom is -0.480 e. The number of anilines is 1.